The number of imidazole rings is 1. The summed E-state index contributed by atoms with van der Waals surface area (Å²) in [6.07, 6.45) is 4.07. The molecule has 2 heterocycles. The summed E-state index contributed by atoms with van der Waals surface area (Å²) in [6, 6.07) is 13.1. The van der Waals surface area contributed by atoms with Crippen molar-refractivity contribution in [2.24, 2.45) is 5.92 Å². The zero-order chi connectivity index (χ0) is 40.2. The van der Waals surface area contributed by atoms with Crippen LogP contribution in [0.25, 0.3) is 11.3 Å². The fraction of sp³-hybridized carbons (Fsp3) is 0.395. The van der Waals surface area contributed by atoms with Gasteiger partial charge in [-0.25, -0.2) is 9.18 Å². The topological polar surface area (TPSA) is 213 Å². The van der Waals surface area contributed by atoms with Crippen LogP contribution in [0.1, 0.15) is 58.3 Å². The van der Waals surface area contributed by atoms with Crippen LogP contribution in [0.5, 0.6) is 0 Å². The van der Waals surface area contributed by atoms with Crippen molar-refractivity contribution >= 4 is 35.5 Å². The Hall–Kier alpha value is -5.25. The minimum atomic E-state index is -1.43. The van der Waals surface area contributed by atoms with Gasteiger partial charge in [0.25, 0.3) is 0 Å². The molecule has 0 radical (unpaired) electrons. The Labute approximate surface area is 316 Å². The predicted octanol–water partition coefficient (Wildman–Crippen LogP) is 5.21. The van der Waals surface area contributed by atoms with Crippen molar-refractivity contribution in [1.82, 2.24) is 19.8 Å². The maximum atomic E-state index is 13.3. The molecule has 0 aliphatic heterocycles. The average molecular weight is 773 g/mol. The molecule has 4 unspecified atom stereocenters. The van der Waals surface area contributed by atoms with Crippen molar-refractivity contribution < 1.29 is 48.4 Å². The molecule has 6 N–H and O–H groups in total. The highest BCUT2D eigenvalue weighted by Gasteiger charge is 2.37. The van der Waals surface area contributed by atoms with Gasteiger partial charge in [0.1, 0.15) is 41.0 Å². The molecule has 0 spiro atoms. The van der Waals surface area contributed by atoms with E-state index in [1.54, 1.807) is 43.3 Å². The maximum absolute atomic E-state index is 13.3. The lowest BCUT2D eigenvalue weighted by atomic mass is 9.95. The second kappa shape index (κ2) is 19.7. The van der Waals surface area contributed by atoms with E-state index in [-0.39, 0.29) is 31.8 Å². The second-order valence-corrected chi connectivity index (χ2v) is 13.9. The van der Waals surface area contributed by atoms with Crippen LogP contribution in [0.2, 0.25) is 5.02 Å². The van der Waals surface area contributed by atoms with Gasteiger partial charge in [-0.15, -0.1) is 0 Å². The van der Waals surface area contributed by atoms with E-state index in [1.165, 1.54) is 46.7 Å². The van der Waals surface area contributed by atoms with E-state index in [4.69, 9.17) is 16.0 Å². The minimum Gasteiger partial charge on any atom is -0.480 e. The van der Waals surface area contributed by atoms with Crippen LogP contribution in [0.4, 0.5) is 4.39 Å². The first-order valence-electron chi connectivity index (χ1n) is 17.2. The molecule has 0 saturated heterocycles. The van der Waals surface area contributed by atoms with Gasteiger partial charge in [-0.2, -0.15) is 0 Å². The first-order chi connectivity index (χ1) is 25.4. The Kier molecular flexibility index (Phi) is 15.8. The summed E-state index contributed by atoms with van der Waals surface area (Å²) in [5.41, 5.74) is -0.517. The monoisotopic (exact) mass is 772 g/mol. The van der Waals surface area contributed by atoms with E-state index >= 15 is 0 Å². The zero-order valence-electron chi connectivity index (χ0n) is 30.4. The van der Waals surface area contributed by atoms with Crippen molar-refractivity contribution in [3.63, 3.8) is 0 Å². The average Bonchev–Trinajstić information content (AvgIpc) is 3.70. The summed E-state index contributed by atoms with van der Waals surface area (Å²) in [4.78, 5) is 58.7. The van der Waals surface area contributed by atoms with Gasteiger partial charge in [-0.1, -0.05) is 63.1 Å². The highest BCUT2D eigenvalue weighted by molar-refractivity contribution is 6.30. The van der Waals surface area contributed by atoms with Crippen LogP contribution in [-0.2, 0) is 38.7 Å². The van der Waals surface area contributed by atoms with Crippen molar-refractivity contribution in [2.45, 2.75) is 90.1 Å². The van der Waals surface area contributed by atoms with Gasteiger partial charge in [-0.3, -0.25) is 38.9 Å². The molecule has 292 valence electrons. The number of rotatable bonds is 19. The summed E-state index contributed by atoms with van der Waals surface area (Å²) in [5, 5.41) is 43.6. The summed E-state index contributed by atoms with van der Waals surface area (Å²) in [6.45, 7) is 6.89. The number of carboxylic acid groups (broad SMARTS) is 4. The van der Waals surface area contributed by atoms with Gasteiger partial charge in [-0.05, 0) is 67.6 Å². The third-order valence-electron chi connectivity index (χ3n) is 8.43. The molecule has 4 rings (SSSR count). The van der Waals surface area contributed by atoms with E-state index in [9.17, 15) is 48.8 Å². The van der Waals surface area contributed by atoms with Crippen LogP contribution in [0.3, 0.4) is 0 Å². The number of nitrogens with one attached hydrogen (secondary N) is 2. The Morgan fingerprint density at radius 3 is 2.11 bits per heavy atom. The number of aliphatic carboxylic acids is 4. The number of aromatic nitrogens is 2. The van der Waals surface area contributed by atoms with E-state index < -0.39 is 59.0 Å². The van der Waals surface area contributed by atoms with E-state index in [0.717, 1.165) is 5.56 Å². The molecule has 0 saturated carbocycles. The van der Waals surface area contributed by atoms with Crippen LogP contribution in [-0.4, -0.2) is 77.1 Å². The van der Waals surface area contributed by atoms with Gasteiger partial charge >= 0.3 is 29.6 Å². The van der Waals surface area contributed by atoms with Crippen molar-refractivity contribution in [2.75, 3.05) is 0 Å². The molecular formula is C38H46ClFN4O10. The fourth-order valence-electron chi connectivity index (χ4n) is 5.71. The molecule has 14 nitrogen and oxygen atoms in total. The van der Waals surface area contributed by atoms with E-state index in [0.29, 0.717) is 34.9 Å². The van der Waals surface area contributed by atoms with E-state index in [2.05, 4.69) is 10.6 Å². The van der Waals surface area contributed by atoms with Gasteiger partial charge in [0.05, 0.1) is 13.1 Å². The quantitative estimate of drug-likeness (QED) is 0.0725. The second-order valence-electron chi connectivity index (χ2n) is 13.5. The van der Waals surface area contributed by atoms with Crippen molar-refractivity contribution in [3.8, 4) is 11.3 Å². The largest absolute Gasteiger partial charge is 0.480 e. The Balaban J connectivity index is 0.000000291. The molecule has 4 aromatic rings. The molecule has 0 aliphatic rings. The lowest BCUT2D eigenvalue weighted by molar-refractivity contribution is -0.148. The number of hydrogen-bond acceptors (Lipinski definition) is 8. The number of carboxylic acids is 4. The Morgan fingerprint density at radius 2 is 1.54 bits per heavy atom. The molecule has 4 atom stereocenters. The number of halogens is 2. The Bertz CT molecular complexity index is 1960. The van der Waals surface area contributed by atoms with Crippen LogP contribution >= 0.6 is 11.6 Å². The van der Waals surface area contributed by atoms with Crippen LogP contribution in [0.15, 0.2) is 82.3 Å². The highest BCUT2D eigenvalue weighted by atomic mass is 35.5. The van der Waals surface area contributed by atoms with Gasteiger partial charge in [0.15, 0.2) is 0 Å². The number of furan rings is 1. The molecule has 2 aromatic heterocycles. The summed E-state index contributed by atoms with van der Waals surface area (Å²) in [5.74, 6) is -3.87. The summed E-state index contributed by atoms with van der Waals surface area (Å²) in [7, 11) is 0. The molecule has 0 fully saturated rings. The molecule has 16 heteroatoms. The molecule has 0 bridgehead atoms. The van der Waals surface area contributed by atoms with Crippen molar-refractivity contribution in [1.29, 1.82) is 0 Å². The predicted molar refractivity (Wildman–Crippen MR) is 198 cm³/mol. The summed E-state index contributed by atoms with van der Waals surface area (Å²) >= 11 is 5.97. The first kappa shape index (κ1) is 43.2. The zero-order valence-corrected chi connectivity index (χ0v) is 31.1. The fourth-order valence-corrected chi connectivity index (χ4v) is 5.90. The van der Waals surface area contributed by atoms with Crippen molar-refractivity contribution in [3.05, 3.63) is 106 Å². The first-order valence-corrected chi connectivity index (χ1v) is 17.6. The van der Waals surface area contributed by atoms with Crippen LogP contribution in [0, 0.1) is 11.7 Å². The van der Waals surface area contributed by atoms with Gasteiger partial charge in [0, 0.05) is 29.4 Å². The molecule has 54 heavy (non-hydrogen) atoms. The third-order valence-corrected chi connectivity index (χ3v) is 8.67. The normalized spacial score (nSPS) is 14.0. The lowest BCUT2D eigenvalue weighted by Crippen LogP contribution is -2.57. The third kappa shape index (κ3) is 12.7. The lowest BCUT2D eigenvalue weighted by Gasteiger charge is -2.29. The smallest absolute Gasteiger partial charge is 0.328 e. The van der Waals surface area contributed by atoms with E-state index in [1.807, 2.05) is 19.9 Å². The SMILES string of the molecule is CC(C)CC(NC(Cc1ccc(-c2cccc(Cl)c2)o1)C(=O)O)C(=O)O.CCCC(C)(NC(Cn1ccn(Cc2cccc(F)c2)c1=O)C(=O)O)C(=O)O. The molecule has 2 aromatic carbocycles. The highest BCUT2D eigenvalue weighted by Crippen LogP contribution is 2.25. The molecule has 0 amide bonds. The number of benzene rings is 2. The van der Waals surface area contributed by atoms with Crippen LogP contribution < -0.4 is 16.3 Å². The molecular weight excluding hydrogens is 727 g/mol. The molecule has 0 aliphatic carbocycles. The number of carbonyl (C=O) groups is 4. The van der Waals surface area contributed by atoms with Gasteiger partial charge in [0.2, 0.25) is 0 Å². The number of nitrogens with zero attached hydrogens (tertiary/aromatic N) is 2. The Morgan fingerprint density at radius 1 is 0.889 bits per heavy atom. The standard InChI is InChI=1S/C19H22ClNO5.C19H24FN3O5/c1-11(2)8-15(18(22)23)21-16(19(24)25)10-14-6-7-17(26-14)12-4-3-5-13(20)9-12;1-3-7-19(2,17(26)27)21-15(16(24)25)12-23-9-8-22(18(23)28)11-13-5-4-6-14(20)10-13/h3-7,9,11,15-16,21H,8,10H2,1-2H3,(H,22,23)(H,24,25);4-6,8-10,15,21H,3,7,11-12H2,1-2H3,(H,24,25)(H,26,27). The van der Waals surface area contributed by atoms with Gasteiger partial charge < -0.3 is 24.8 Å². The number of hydrogen-bond donors (Lipinski definition) is 6. The summed E-state index contributed by atoms with van der Waals surface area (Å²) < 4.78 is 21.6. The maximum Gasteiger partial charge on any atom is 0.328 e. The minimum absolute atomic E-state index is 0.0395.